The SMILES string of the molecule is CCOc1nsc(NC(=O)Oc2ccccc2)c1C#N. The number of anilines is 1. The molecule has 0 bridgehead atoms. The first kappa shape index (κ1) is 13.8. The van der Waals surface area contributed by atoms with Gasteiger partial charge in [0.05, 0.1) is 6.61 Å². The Balaban J connectivity index is 2.07. The fourth-order valence-electron chi connectivity index (χ4n) is 1.41. The van der Waals surface area contributed by atoms with Crippen molar-refractivity contribution < 1.29 is 14.3 Å². The molecular formula is C13H11N3O3S. The van der Waals surface area contributed by atoms with Crippen molar-refractivity contribution in [2.24, 2.45) is 0 Å². The Morgan fingerprint density at radius 1 is 1.45 bits per heavy atom. The number of para-hydroxylation sites is 1. The molecule has 0 aliphatic carbocycles. The lowest BCUT2D eigenvalue weighted by Crippen LogP contribution is -2.16. The van der Waals surface area contributed by atoms with Crippen LogP contribution in [0, 0.1) is 11.3 Å². The number of nitrogens with one attached hydrogen (secondary N) is 1. The molecule has 0 aliphatic heterocycles. The predicted molar refractivity (Wildman–Crippen MR) is 74.1 cm³/mol. The van der Waals surface area contributed by atoms with Gasteiger partial charge in [0, 0.05) is 0 Å². The minimum atomic E-state index is -0.681. The molecule has 0 spiro atoms. The first-order chi connectivity index (χ1) is 9.74. The number of nitrogens with zero attached hydrogens (tertiary/aromatic N) is 2. The first-order valence-corrected chi connectivity index (χ1v) is 6.58. The summed E-state index contributed by atoms with van der Waals surface area (Å²) in [5.41, 5.74) is 0.196. The van der Waals surface area contributed by atoms with Crippen LogP contribution >= 0.6 is 11.5 Å². The molecule has 1 aromatic heterocycles. The van der Waals surface area contributed by atoms with E-state index in [1.54, 1.807) is 31.2 Å². The van der Waals surface area contributed by atoms with Crippen molar-refractivity contribution in [2.75, 3.05) is 11.9 Å². The number of amides is 1. The van der Waals surface area contributed by atoms with E-state index >= 15 is 0 Å². The second-order valence-electron chi connectivity index (χ2n) is 3.56. The van der Waals surface area contributed by atoms with Gasteiger partial charge in [0.1, 0.15) is 16.8 Å². The lowest BCUT2D eigenvalue weighted by Gasteiger charge is -2.04. The normalized spacial score (nSPS) is 9.60. The van der Waals surface area contributed by atoms with Gasteiger partial charge in [0.2, 0.25) is 5.88 Å². The van der Waals surface area contributed by atoms with Crippen LogP contribution in [0.5, 0.6) is 11.6 Å². The van der Waals surface area contributed by atoms with E-state index in [1.807, 2.05) is 12.1 Å². The van der Waals surface area contributed by atoms with Crippen LogP contribution in [0.3, 0.4) is 0 Å². The van der Waals surface area contributed by atoms with Gasteiger partial charge >= 0.3 is 6.09 Å². The molecule has 1 amide bonds. The third-order valence-electron chi connectivity index (χ3n) is 2.22. The molecular weight excluding hydrogens is 278 g/mol. The summed E-state index contributed by atoms with van der Waals surface area (Å²) in [6, 6.07) is 10.6. The molecule has 0 atom stereocenters. The Morgan fingerprint density at radius 2 is 2.20 bits per heavy atom. The maximum absolute atomic E-state index is 11.7. The van der Waals surface area contributed by atoms with Gasteiger partial charge in [-0.05, 0) is 30.6 Å². The topological polar surface area (TPSA) is 84.2 Å². The average molecular weight is 289 g/mol. The Labute approximate surface area is 119 Å². The molecule has 1 heterocycles. The van der Waals surface area contributed by atoms with Crippen molar-refractivity contribution in [3.63, 3.8) is 0 Å². The van der Waals surface area contributed by atoms with Gasteiger partial charge in [-0.1, -0.05) is 18.2 Å². The van der Waals surface area contributed by atoms with Crippen LogP contribution < -0.4 is 14.8 Å². The standard InChI is InChI=1S/C13H11N3O3S/c1-2-18-11-10(8-14)12(20-16-11)15-13(17)19-9-6-4-3-5-7-9/h3-7H,2H2,1H3,(H,15,17). The maximum atomic E-state index is 11.7. The molecule has 0 radical (unpaired) electrons. The number of benzene rings is 1. The highest BCUT2D eigenvalue weighted by Gasteiger charge is 2.17. The molecule has 2 aromatic rings. The summed E-state index contributed by atoms with van der Waals surface area (Å²) in [6.07, 6.45) is -0.681. The second-order valence-corrected chi connectivity index (χ2v) is 4.34. The summed E-state index contributed by atoms with van der Waals surface area (Å²) < 4.78 is 14.2. The van der Waals surface area contributed by atoms with E-state index in [-0.39, 0.29) is 11.4 Å². The van der Waals surface area contributed by atoms with E-state index in [0.29, 0.717) is 17.4 Å². The van der Waals surface area contributed by atoms with Gasteiger partial charge in [0.15, 0.2) is 5.56 Å². The zero-order valence-corrected chi connectivity index (χ0v) is 11.4. The third kappa shape index (κ3) is 3.24. The van der Waals surface area contributed by atoms with Crippen LogP contribution in [0.2, 0.25) is 0 Å². The van der Waals surface area contributed by atoms with E-state index in [0.717, 1.165) is 11.5 Å². The van der Waals surface area contributed by atoms with Crippen molar-refractivity contribution in [1.82, 2.24) is 4.37 Å². The van der Waals surface area contributed by atoms with Gasteiger partial charge in [-0.2, -0.15) is 9.64 Å². The van der Waals surface area contributed by atoms with Crippen molar-refractivity contribution in [3.8, 4) is 17.7 Å². The summed E-state index contributed by atoms with van der Waals surface area (Å²) in [5.74, 6) is 0.632. The van der Waals surface area contributed by atoms with Crippen LogP contribution in [-0.2, 0) is 0 Å². The minimum absolute atomic E-state index is 0.196. The second kappa shape index (κ2) is 6.54. The Morgan fingerprint density at radius 3 is 2.85 bits per heavy atom. The van der Waals surface area contributed by atoms with Crippen molar-refractivity contribution in [3.05, 3.63) is 35.9 Å². The number of carbonyl (C=O) groups is 1. The molecule has 0 unspecified atom stereocenters. The van der Waals surface area contributed by atoms with Gasteiger partial charge in [-0.15, -0.1) is 0 Å². The highest BCUT2D eigenvalue weighted by Crippen LogP contribution is 2.29. The number of rotatable bonds is 4. The van der Waals surface area contributed by atoms with Gasteiger partial charge < -0.3 is 9.47 Å². The molecule has 102 valence electrons. The monoisotopic (exact) mass is 289 g/mol. The predicted octanol–water partition coefficient (Wildman–Crippen LogP) is 3.02. The molecule has 7 heteroatoms. The van der Waals surface area contributed by atoms with Crippen molar-refractivity contribution >= 4 is 22.6 Å². The minimum Gasteiger partial charge on any atom is -0.476 e. The number of nitriles is 1. The summed E-state index contributed by atoms with van der Waals surface area (Å²) in [4.78, 5) is 11.7. The number of aromatic nitrogens is 1. The van der Waals surface area contributed by atoms with E-state index in [4.69, 9.17) is 14.7 Å². The fourth-order valence-corrected chi connectivity index (χ4v) is 2.08. The molecule has 20 heavy (non-hydrogen) atoms. The molecule has 0 saturated heterocycles. The summed E-state index contributed by atoms with van der Waals surface area (Å²) in [6.45, 7) is 2.18. The highest BCUT2D eigenvalue weighted by molar-refractivity contribution is 7.10. The number of carbonyl (C=O) groups excluding carboxylic acids is 1. The number of hydrogen-bond acceptors (Lipinski definition) is 6. The number of ether oxygens (including phenoxy) is 2. The van der Waals surface area contributed by atoms with E-state index in [2.05, 4.69) is 9.69 Å². The zero-order chi connectivity index (χ0) is 14.4. The summed E-state index contributed by atoms with van der Waals surface area (Å²) in [7, 11) is 0. The molecule has 0 fully saturated rings. The van der Waals surface area contributed by atoms with Crippen molar-refractivity contribution in [1.29, 1.82) is 5.26 Å². The Kier molecular flexibility index (Phi) is 4.52. The smallest absolute Gasteiger partial charge is 0.417 e. The molecule has 2 rings (SSSR count). The maximum Gasteiger partial charge on any atom is 0.417 e. The van der Waals surface area contributed by atoms with Gasteiger partial charge in [0.25, 0.3) is 0 Å². The zero-order valence-electron chi connectivity index (χ0n) is 10.6. The first-order valence-electron chi connectivity index (χ1n) is 5.81. The molecule has 1 N–H and O–H groups in total. The molecule has 1 aromatic carbocycles. The Bertz CT molecular complexity index is 634. The van der Waals surface area contributed by atoms with Crippen LogP contribution in [0.25, 0.3) is 0 Å². The van der Waals surface area contributed by atoms with Crippen LogP contribution in [0.1, 0.15) is 12.5 Å². The van der Waals surface area contributed by atoms with Crippen LogP contribution in [0.4, 0.5) is 9.80 Å². The summed E-state index contributed by atoms with van der Waals surface area (Å²) >= 11 is 0.970. The van der Waals surface area contributed by atoms with E-state index in [1.165, 1.54) is 0 Å². The quantitative estimate of drug-likeness (QED) is 0.935. The van der Waals surface area contributed by atoms with Gasteiger partial charge in [-0.25, -0.2) is 4.79 Å². The number of hydrogen-bond donors (Lipinski definition) is 1. The van der Waals surface area contributed by atoms with E-state index < -0.39 is 6.09 Å². The summed E-state index contributed by atoms with van der Waals surface area (Å²) in [5, 5.41) is 11.8. The van der Waals surface area contributed by atoms with Crippen molar-refractivity contribution in [2.45, 2.75) is 6.92 Å². The Hall–Kier alpha value is -2.59. The highest BCUT2D eigenvalue weighted by atomic mass is 32.1. The van der Waals surface area contributed by atoms with E-state index in [9.17, 15) is 4.79 Å². The van der Waals surface area contributed by atoms with Crippen LogP contribution in [-0.4, -0.2) is 17.1 Å². The van der Waals surface area contributed by atoms with Gasteiger partial charge in [-0.3, -0.25) is 5.32 Å². The average Bonchev–Trinajstić information content (AvgIpc) is 2.82. The fraction of sp³-hybridized carbons (Fsp3) is 0.154. The van der Waals surface area contributed by atoms with Crippen LogP contribution in [0.15, 0.2) is 30.3 Å². The molecule has 6 nitrogen and oxygen atoms in total. The molecule has 0 aliphatic rings. The molecule has 0 saturated carbocycles. The lowest BCUT2D eigenvalue weighted by molar-refractivity contribution is 0.215. The largest absolute Gasteiger partial charge is 0.476 e. The lowest BCUT2D eigenvalue weighted by atomic mass is 10.3. The third-order valence-corrected chi connectivity index (χ3v) is 2.97.